The quantitative estimate of drug-likeness (QED) is 0.644. The van der Waals surface area contributed by atoms with Crippen LogP contribution in [0.4, 0.5) is 5.69 Å². The minimum absolute atomic E-state index is 0.0861. The minimum atomic E-state index is -0.0861. The second-order valence-electron chi connectivity index (χ2n) is 5.58. The fraction of sp³-hybridized carbons (Fsp3) is 0.353. The number of nitrogens with one attached hydrogen (secondary N) is 1. The van der Waals surface area contributed by atoms with Crippen LogP contribution >= 0.6 is 0 Å². The van der Waals surface area contributed by atoms with Crippen LogP contribution in [0.25, 0.3) is 10.8 Å². The minimum Gasteiger partial charge on any atom is -0.398 e. The van der Waals surface area contributed by atoms with Crippen molar-refractivity contribution in [3.05, 3.63) is 42.0 Å². The van der Waals surface area contributed by atoms with Crippen LogP contribution < -0.4 is 11.1 Å². The average Bonchev–Trinajstić information content (AvgIpc) is 2.42. The molecular weight excluding hydrogens is 248 g/mol. The fourth-order valence-electron chi connectivity index (χ4n) is 2.26. The Morgan fingerprint density at radius 2 is 1.85 bits per heavy atom. The van der Waals surface area contributed by atoms with E-state index in [0.717, 1.165) is 23.6 Å². The Labute approximate surface area is 120 Å². The largest absolute Gasteiger partial charge is 0.398 e. The van der Waals surface area contributed by atoms with Crippen LogP contribution in [0, 0.1) is 5.92 Å². The molecule has 0 spiro atoms. The Bertz CT molecular complexity index is 605. The molecule has 20 heavy (non-hydrogen) atoms. The molecule has 0 radical (unpaired) electrons. The van der Waals surface area contributed by atoms with E-state index in [4.69, 9.17) is 5.73 Å². The van der Waals surface area contributed by atoms with Gasteiger partial charge in [-0.2, -0.15) is 0 Å². The summed E-state index contributed by atoms with van der Waals surface area (Å²) in [5.74, 6) is 0.578. The Morgan fingerprint density at radius 3 is 2.50 bits per heavy atom. The van der Waals surface area contributed by atoms with Crippen LogP contribution in [0.2, 0.25) is 0 Å². The molecule has 3 nitrogen and oxygen atoms in total. The maximum absolute atomic E-state index is 12.2. The zero-order valence-electron chi connectivity index (χ0n) is 12.1. The number of hydrogen-bond acceptors (Lipinski definition) is 2. The van der Waals surface area contributed by atoms with E-state index in [1.54, 1.807) is 0 Å². The summed E-state index contributed by atoms with van der Waals surface area (Å²) in [7, 11) is 0. The van der Waals surface area contributed by atoms with E-state index in [2.05, 4.69) is 19.2 Å². The molecule has 0 saturated heterocycles. The zero-order chi connectivity index (χ0) is 14.5. The molecule has 0 heterocycles. The Balaban J connectivity index is 2.07. The van der Waals surface area contributed by atoms with Crippen molar-refractivity contribution in [1.82, 2.24) is 5.32 Å². The van der Waals surface area contributed by atoms with Crippen LogP contribution in [0.5, 0.6) is 0 Å². The lowest BCUT2D eigenvalue weighted by Gasteiger charge is -2.10. The van der Waals surface area contributed by atoms with E-state index in [9.17, 15) is 4.79 Å². The second-order valence-corrected chi connectivity index (χ2v) is 5.58. The standard InChI is InChI=1S/C17H22N2O/c1-12(2)6-5-9-19-17(20)15-10-13-7-3-4-8-14(13)11-16(15)18/h3-4,7-8,10-12H,5-6,9,18H2,1-2H3,(H,19,20). The highest BCUT2D eigenvalue weighted by atomic mass is 16.1. The van der Waals surface area contributed by atoms with Gasteiger partial charge in [0.25, 0.3) is 5.91 Å². The molecule has 106 valence electrons. The summed E-state index contributed by atoms with van der Waals surface area (Å²) in [5, 5.41) is 5.03. The molecule has 2 aromatic carbocycles. The lowest BCUT2D eigenvalue weighted by atomic mass is 10.0. The van der Waals surface area contributed by atoms with Crippen molar-refractivity contribution in [2.24, 2.45) is 5.92 Å². The van der Waals surface area contributed by atoms with Gasteiger partial charge in [0.2, 0.25) is 0 Å². The Kier molecular flexibility index (Phi) is 4.61. The summed E-state index contributed by atoms with van der Waals surface area (Å²) in [6, 6.07) is 11.6. The van der Waals surface area contributed by atoms with Gasteiger partial charge in [0.05, 0.1) is 5.56 Å². The first-order chi connectivity index (χ1) is 9.58. The number of hydrogen-bond donors (Lipinski definition) is 2. The van der Waals surface area contributed by atoms with Crippen molar-refractivity contribution in [1.29, 1.82) is 0 Å². The number of carbonyl (C=O) groups excluding carboxylic acids is 1. The summed E-state index contributed by atoms with van der Waals surface area (Å²) >= 11 is 0. The molecule has 0 atom stereocenters. The van der Waals surface area contributed by atoms with Gasteiger partial charge in [-0.25, -0.2) is 0 Å². The third kappa shape index (κ3) is 3.50. The van der Waals surface area contributed by atoms with Crippen LogP contribution in [0.3, 0.4) is 0 Å². The number of rotatable bonds is 5. The highest BCUT2D eigenvalue weighted by molar-refractivity contribution is 6.03. The molecule has 0 saturated carbocycles. The van der Waals surface area contributed by atoms with Gasteiger partial charge in [0.15, 0.2) is 0 Å². The topological polar surface area (TPSA) is 55.1 Å². The number of amides is 1. The maximum atomic E-state index is 12.2. The van der Waals surface area contributed by atoms with Gasteiger partial charge in [-0.15, -0.1) is 0 Å². The van der Waals surface area contributed by atoms with Crippen molar-refractivity contribution in [2.75, 3.05) is 12.3 Å². The van der Waals surface area contributed by atoms with Crippen molar-refractivity contribution in [3.8, 4) is 0 Å². The summed E-state index contributed by atoms with van der Waals surface area (Å²) in [5.41, 5.74) is 7.07. The predicted octanol–water partition coefficient (Wildman–Crippen LogP) is 3.59. The Hall–Kier alpha value is -2.03. The SMILES string of the molecule is CC(C)CCCNC(=O)c1cc2ccccc2cc1N. The van der Waals surface area contributed by atoms with Crippen molar-refractivity contribution >= 4 is 22.4 Å². The number of fused-ring (bicyclic) bond motifs is 1. The summed E-state index contributed by atoms with van der Waals surface area (Å²) in [6.45, 7) is 5.07. The third-order valence-electron chi connectivity index (χ3n) is 3.41. The molecule has 3 heteroatoms. The van der Waals surface area contributed by atoms with Gasteiger partial charge in [-0.05, 0) is 41.7 Å². The molecule has 0 fully saturated rings. The molecule has 2 rings (SSSR count). The lowest BCUT2D eigenvalue weighted by Crippen LogP contribution is -2.25. The van der Waals surface area contributed by atoms with Gasteiger partial charge in [-0.1, -0.05) is 38.1 Å². The zero-order valence-corrected chi connectivity index (χ0v) is 12.1. The van der Waals surface area contributed by atoms with E-state index in [1.807, 2.05) is 36.4 Å². The number of anilines is 1. The van der Waals surface area contributed by atoms with Gasteiger partial charge in [-0.3, -0.25) is 4.79 Å². The molecule has 1 amide bonds. The molecule has 0 unspecified atom stereocenters. The summed E-state index contributed by atoms with van der Waals surface area (Å²) in [6.07, 6.45) is 2.12. The molecule has 0 aliphatic heterocycles. The van der Waals surface area contributed by atoms with Gasteiger partial charge in [0, 0.05) is 12.2 Å². The number of carbonyl (C=O) groups is 1. The second kappa shape index (κ2) is 6.42. The highest BCUT2D eigenvalue weighted by Crippen LogP contribution is 2.21. The van der Waals surface area contributed by atoms with Crippen molar-refractivity contribution in [2.45, 2.75) is 26.7 Å². The van der Waals surface area contributed by atoms with E-state index in [-0.39, 0.29) is 5.91 Å². The lowest BCUT2D eigenvalue weighted by molar-refractivity contribution is 0.0953. The van der Waals surface area contributed by atoms with Crippen LogP contribution in [-0.2, 0) is 0 Å². The Morgan fingerprint density at radius 1 is 1.20 bits per heavy atom. The summed E-state index contributed by atoms with van der Waals surface area (Å²) in [4.78, 5) is 12.2. The van der Waals surface area contributed by atoms with Crippen molar-refractivity contribution < 1.29 is 4.79 Å². The van der Waals surface area contributed by atoms with Crippen LogP contribution in [0.1, 0.15) is 37.0 Å². The first-order valence-corrected chi connectivity index (χ1v) is 7.14. The first kappa shape index (κ1) is 14.4. The molecule has 0 bridgehead atoms. The number of nitrogen functional groups attached to an aromatic ring is 1. The predicted molar refractivity (Wildman–Crippen MR) is 84.8 cm³/mol. The first-order valence-electron chi connectivity index (χ1n) is 7.14. The fourth-order valence-corrected chi connectivity index (χ4v) is 2.26. The third-order valence-corrected chi connectivity index (χ3v) is 3.41. The maximum Gasteiger partial charge on any atom is 0.253 e. The molecule has 2 aromatic rings. The average molecular weight is 270 g/mol. The summed E-state index contributed by atoms with van der Waals surface area (Å²) < 4.78 is 0. The molecule has 3 N–H and O–H groups in total. The number of nitrogens with two attached hydrogens (primary N) is 1. The normalized spacial score (nSPS) is 10.9. The monoisotopic (exact) mass is 270 g/mol. The van der Waals surface area contributed by atoms with Gasteiger partial charge < -0.3 is 11.1 Å². The number of benzene rings is 2. The van der Waals surface area contributed by atoms with E-state index in [0.29, 0.717) is 23.7 Å². The molecule has 0 aliphatic carbocycles. The van der Waals surface area contributed by atoms with Crippen LogP contribution in [0.15, 0.2) is 36.4 Å². The van der Waals surface area contributed by atoms with Crippen LogP contribution in [-0.4, -0.2) is 12.5 Å². The molecular formula is C17H22N2O. The molecule has 0 aliphatic rings. The molecule has 0 aromatic heterocycles. The highest BCUT2D eigenvalue weighted by Gasteiger charge is 2.10. The van der Waals surface area contributed by atoms with E-state index < -0.39 is 0 Å². The van der Waals surface area contributed by atoms with E-state index >= 15 is 0 Å². The van der Waals surface area contributed by atoms with Gasteiger partial charge in [0.1, 0.15) is 0 Å². The van der Waals surface area contributed by atoms with Gasteiger partial charge >= 0.3 is 0 Å². The van der Waals surface area contributed by atoms with Crippen molar-refractivity contribution in [3.63, 3.8) is 0 Å². The van der Waals surface area contributed by atoms with E-state index in [1.165, 1.54) is 0 Å². The smallest absolute Gasteiger partial charge is 0.253 e.